The molecule has 0 bridgehead atoms. The molecule has 2 rings (SSSR count). The molecule has 0 aromatic heterocycles. The number of hydrogen-bond acceptors (Lipinski definition) is 2. The third-order valence-electron chi connectivity index (χ3n) is 3.82. The molecule has 1 aromatic carbocycles. The lowest BCUT2D eigenvalue weighted by atomic mass is 10.00. The number of rotatable bonds is 4. The first-order valence-corrected chi connectivity index (χ1v) is 6.87. The Hall–Kier alpha value is -1.49. The standard InChI is InChI=1S/C15H19F2NO2/c1-3-20-15(8-4-5-9-15)14(19)18(2)11-6-7-12(16)13(17)10-11/h6-7,10H,3-5,8-9H2,1-2H3. The van der Waals surface area contributed by atoms with E-state index in [-0.39, 0.29) is 5.91 Å². The van der Waals surface area contributed by atoms with Crippen LogP contribution in [0.2, 0.25) is 0 Å². The second-order valence-corrected chi connectivity index (χ2v) is 5.10. The summed E-state index contributed by atoms with van der Waals surface area (Å²) in [5.41, 5.74) is -0.478. The number of halogens is 2. The molecule has 1 aliphatic carbocycles. The summed E-state index contributed by atoms with van der Waals surface area (Å²) in [5.74, 6) is -2.07. The largest absolute Gasteiger partial charge is 0.365 e. The van der Waals surface area contributed by atoms with Gasteiger partial charge in [-0.15, -0.1) is 0 Å². The molecule has 1 saturated carbocycles. The van der Waals surface area contributed by atoms with Gasteiger partial charge in [-0.2, -0.15) is 0 Å². The van der Waals surface area contributed by atoms with E-state index in [1.165, 1.54) is 11.0 Å². The van der Waals surface area contributed by atoms with Crippen LogP contribution in [0.1, 0.15) is 32.6 Å². The number of benzene rings is 1. The molecule has 1 amide bonds. The maximum absolute atomic E-state index is 13.3. The van der Waals surface area contributed by atoms with Crippen molar-refractivity contribution in [1.82, 2.24) is 0 Å². The number of ether oxygens (including phenoxy) is 1. The number of anilines is 1. The molecule has 0 N–H and O–H groups in total. The van der Waals surface area contributed by atoms with Crippen molar-refractivity contribution in [3.8, 4) is 0 Å². The number of nitrogens with zero attached hydrogens (tertiary/aromatic N) is 1. The van der Waals surface area contributed by atoms with E-state index in [1.807, 2.05) is 6.92 Å². The van der Waals surface area contributed by atoms with Gasteiger partial charge in [0.2, 0.25) is 0 Å². The van der Waals surface area contributed by atoms with Crippen molar-refractivity contribution in [2.24, 2.45) is 0 Å². The molecule has 1 fully saturated rings. The highest BCUT2D eigenvalue weighted by Crippen LogP contribution is 2.35. The van der Waals surface area contributed by atoms with Gasteiger partial charge in [0, 0.05) is 25.4 Å². The molecule has 5 heteroatoms. The van der Waals surface area contributed by atoms with Crippen molar-refractivity contribution in [1.29, 1.82) is 0 Å². The minimum Gasteiger partial charge on any atom is -0.365 e. The first kappa shape index (κ1) is 14.9. The first-order chi connectivity index (χ1) is 9.50. The van der Waals surface area contributed by atoms with E-state index in [1.54, 1.807) is 7.05 Å². The lowest BCUT2D eigenvalue weighted by molar-refractivity contribution is -0.142. The molecule has 1 aromatic rings. The minimum absolute atomic E-state index is 0.192. The molecular weight excluding hydrogens is 264 g/mol. The molecule has 0 atom stereocenters. The van der Waals surface area contributed by atoms with Gasteiger partial charge in [0.05, 0.1) is 0 Å². The third-order valence-corrected chi connectivity index (χ3v) is 3.82. The smallest absolute Gasteiger partial charge is 0.258 e. The number of likely N-dealkylation sites (N-methyl/N-ethyl adjacent to an activating group) is 1. The summed E-state index contributed by atoms with van der Waals surface area (Å²) in [6.45, 7) is 2.31. The zero-order chi connectivity index (χ0) is 14.8. The van der Waals surface area contributed by atoms with E-state index in [0.29, 0.717) is 25.1 Å². The molecule has 0 spiro atoms. The fourth-order valence-electron chi connectivity index (χ4n) is 2.76. The van der Waals surface area contributed by atoms with Crippen LogP contribution in [0, 0.1) is 11.6 Å². The van der Waals surface area contributed by atoms with Crippen LogP contribution in [0.5, 0.6) is 0 Å². The van der Waals surface area contributed by atoms with Crippen molar-refractivity contribution in [2.75, 3.05) is 18.6 Å². The van der Waals surface area contributed by atoms with Gasteiger partial charge in [-0.05, 0) is 44.7 Å². The number of amides is 1. The topological polar surface area (TPSA) is 29.5 Å². The van der Waals surface area contributed by atoms with Crippen LogP contribution >= 0.6 is 0 Å². The van der Waals surface area contributed by atoms with Crippen LogP contribution in [0.15, 0.2) is 18.2 Å². The zero-order valence-corrected chi connectivity index (χ0v) is 11.8. The quantitative estimate of drug-likeness (QED) is 0.848. The van der Waals surface area contributed by atoms with Gasteiger partial charge >= 0.3 is 0 Å². The van der Waals surface area contributed by atoms with Gasteiger partial charge in [0.25, 0.3) is 5.91 Å². The highest BCUT2D eigenvalue weighted by atomic mass is 19.2. The predicted octanol–water partition coefficient (Wildman–Crippen LogP) is 3.28. The van der Waals surface area contributed by atoms with Gasteiger partial charge in [0.1, 0.15) is 5.60 Å². The van der Waals surface area contributed by atoms with E-state index in [2.05, 4.69) is 0 Å². The number of hydrogen-bond donors (Lipinski definition) is 0. The van der Waals surface area contributed by atoms with Gasteiger partial charge < -0.3 is 9.64 Å². The minimum atomic E-state index is -0.959. The van der Waals surface area contributed by atoms with Crippen molar-refractivity contribution in [3.63, 3.8) is 0 Å². The molecule has 3 nitrogen and oxygen atoms in total. The lowest BCUT2D eigenvalue weighted by Gasteiger charge is -2.32. The van der Waals surface area contributed by atoms with E-state index < -0.39 is 17.2 Å². The fraction of sp³-hybridized carbons (Fsp3) is 0.533. The molecule has 0 heterocycles. The Morgan fingerprint density at radius 2 is 1.95 bits per heavy atom. The second-order valence-electron chi connectivity index (χ2n) is 5.10. The van der Waals surface area contributed by atoms with Crippen LogP contribution in [-0.2, 0) is 9.53 Å². The first-order valence-electron chi connectivity index (χ1n) is 6.87. The summed E-state index contributed by atoms with van der Waals surface area (Å²) < 4.78 is 31.9. The number of carbonyl (C=O) groups excluding carboxylic acids is 1. The highest BCUT2D eigenvalue weighted by molar-refractivity contribution is 5.99. The second kappa shape index (κ2) is 5.87. The summed E-state index contributed by atoms with van der Waals surface area (Å²) in [6, 6.07) is 3.45. The van der Waals surface area contributed by atoms with E-state index in [4.69, 9.17) is 4.74 Å². The van der Waals surface area contributed by atoms with E-state index in [9.17, 15) is 13.6 Å². The molecule has 20 heavy (non-hydrogen) atoms. The average Bonchev–Trinajstić information content (AvgIpc) is 2.90. The Labute approximate surface area is 117 Å². The van der Waals surface area contributed by atoms with Crippen molar-refractivity contribution < 1.29 is 18.3 Å². The third kappa shape index (κ3) is 2.68. The summed E-state index contributed by atoms with van der Waals surface area (Å²) in [4.78, 5) is 14.0. The van der Waals surface area contributed by atoms with Crippen LogP contribution in [0.4, 0.5) is 14.5 Å². The fourth-order valence-corrected chi connectivity index (χ4v) is 2.76. The average molecular weight is 283 g/mol. The van der Waals surface area contributed by atoms with Crippen LogP contribution in [0.3, 0.4) is 0 Å². The molecular formula is C15H19F2NO2. The maximum atomic E-state index is 13.3. The zero-order valence-electron chi connectivity index (χ0n) is 11.8. The highest BCUT2D eigenvalue weighted by Gasteiger charge is 2.43. The van der Waals surface area contributed by atoms with Crippen LogP contribution in [0.25, 0.3) is 0 Å². The van der Waals surface area contributed by atoms with Gasteiger partial charge in [0.15, 0.2) is 11.6 Å². The Morgan fingerprint density at radius 1 is 1.30 bits per heavy atom. The van der Waals surface area contributed by atoms with Crippen LogP contribution in [-0.4, -0.2) is 25.2 Å². The summed E-state index contributed by atoms with van der Waals surface area (Å²) >= 11 is 0. The lowest BCUT2D eigenvalue weighted by Crippen LogP contribution is -2.48. The van der Waals surface area contributed by atoms with Gasteiger partial charge in [-0.25, -0.2) is 8.78 Å². The molecule has 0 unspecified atom stereocenters. The number of carbonyl (C=O) groups is 1. The van der Waals surface area contributed by atoms with E-state index >= 15 is 0 Å². The van der Waals surface area contributed by atoms with Crippen molar-refractivity contribution in [2.45, 2.75) is 38.2 Å². The normalized spacial score (nSPS) is 17.2. The molecule has 1 aliphatic rings. The summed E-state index contributed by atoms with van der Waals surface area (Å²) in [5, 5.41) is 0. The van der Waals surface area contributed by atoms with Gasteiger partial charge in [-0.1, -0.05) is 0 Å². The molecule has 110 valence electrons. The van der Waals surface area contributed by atoms with Gasteiger partial charge in [-0.3, -0.25) is 4.79 Å². The summed E-state index contributed by atoms with van der Waals surface area (Å²) in [7, 11) is 1.56. The van der Waals surface area contributed by atoms with E-state index in [0.717, 1.165) is 25.0 Å². The Morgan fingerprint density at radius 3 is 2.50 bits per heavy atom. The van der Waals surface area contributed by atoms with Crippen molar-refractivity contribution >= 4 is 11.6 Å². The van der Waals surface area contributed by atoms with Crippen molar-refractivity contribution in [3.05, 3.63) is 29.8 Å². The molecule has 0 aliphatic heterocycles. The SMILES string of the molecule is CCOC1(C(=O)N(C)c2ccc(F)c(F)c2)CCCC1. The molecule has 0 saturated heterocycles. The Kier molecular flexibility index (Phi) is 4.38. The predicted molar refractivity (Wildman–Crippen MR) is 72.6 cm³/mol. The Bertz CT molecular complexity index is 499. The summed E-state index contributed by atoms with van der Waals surface area (Å²) in [6.07, 6.45) is 3.23. The molecule has 0 radical (unpaired) electrons. The van der Waals surface area contributed by atoms with Crippen LogP contribution < -0.4 is 4.90 Å². The monoisotopic (exact) mass is 283 g/mol. The maximum Gasteiger partial charge on any atom is 0.258 e. The Balaban J connectivity index is 2.24.